The molecule has 3 aromatic rings. The van der Waals surface area contributed by atoms with Crippen LogP contribution in [0.15, 0.2) is 77.0 Å². The lowest BCUT2D eigenvalue weighted by atomic mass is 10.1. The molecule has 1 atom stereocenters. The Kier molecular flexibility index (Phi) is 8.44. The summed E-state index contributed by atoms with van der Waals surface area (Å²) >= 11 is 7.58. The van der Waals surface area contributed by atoms with Gasteiger partial charge in [-0.3, -0.25) is 4.90 Å². The third kappa shape index (κ3) is 6.38. The molecular formula is C22H25ClN2O3S2. The van der Waals surface area contributed by atoms with Crippen LogP contribution in [0.4, 0.5) is 0 Å². The number of methoxy groups -OCH3 is 1. The molecule has 0 aliphatic rings. The molecule has 0 fully saturated rings. The van der Waals surface area contributed by atoms with Crippen LogP contribution in [0.5, 0.6) is 0 Å². The van der Waals surface area contributed by atoms with Crippen molar-refractivity contribution in [1.82, 2.24) is 9.62 Å². The molecule has 0 unspecified atom stereocenters. The van der Waals surface area contributed by atoms with Gasteiger partial charge in [0.15, 0.2) is 0 Å². The highest BCUT2D eigenvalue weighted by Crippen LogP contribution is 2.25. The van der Waals surface area contributed by atoms with Crippen molar-refractivity contribution in [2.24, 2.45) is 0 Å². The van der Waals surface area contributed by atoms with Gasteiger partial charge in [-0.2, -0.15) is 0 Å². The highest BCUT2D eigenvalue weighted by molar-refractivity contribution is 7.89. The zero-order valence-corrected chi connectivity index (χ0v) is 19.1. The molecular weight excluding hydrogens is 440 g/mol. The summed E-state index contributed by atoms with van der Waals surface area (Å²) in [5.41, 5.74) is 1.05. The molecule has 0 spiro atoms. The molecule has 160 valence electrons. The van der Waals surface area contributed by atoms with Gasteiger partial charge in [-0.15, -0.1) is 11.3 Å². The maximum absolute atomic E-state index is 12.8. The Morgan fingerprint density at radius 3 is 2.43 bits per heavy atom. The standard InChI is InChI=1S/C22H25ClN2O3S2/c1-28-14-13-25(17-20-8-5-15-29-20)22(18-6-3-2-4-7-18)16-24-30(26,27)21-11-9-19(23)10-12-21/h2-12,15,22,24H,13-14,16-17H2,1H3/t22-/m1/s1. The second-order valence-corrected chi connectivity index (χ2v) is 10.0. The van der Waals surface area contributed by atoms with Crippen LogP contribution >= 0.6 is 22.9 Å². The Hall–Kier alpha value is -1.74. The number of sulfonamides is 1. The molecule has 0 saturated carbocycles. The Balaban J connectivity index is 1.84. The first-order chi connectivity index (χ1) is 14.5. The Morgan fingerprint density at radius 1 is 1.07 bits per heavy atom. The second kappa shape index (κ2) is 11.0. The van der Waals surface area contributed by atoms with Crippen LogP contribution in [-0.4, -0.2) is 40.1 Å². The SMILES string of the molecule is COCCN(Cc1cccs1)[C@H](CNS(=O)(=O)c1ccc(Cl)cc1)c1ccccc1. The highest BCUT2D eigenvalue weighted by Gasteiger charge is 2.24. The number of nitrogens with one attached hydrogen (secondary N) is 1. The molecule has 5 nitrogen and oxygen atoms in total. The number of hydrogen-bond acceptors (Lipinski definition) is 5. The van der Waals surface area contributed by atoms with E-state index in [-0.39, 0.29) is 17.5 Å². The van der Waals surface area contributed by atoms with E-state index in [9.17, 15) is 8.42 Å². The van der Waals surface area contributed by atoms with Crippen LogP contribution in [0.25, 0.3) is 0 Å². The van der Waals surface area contributed by atoms with Gasteiger partial charge in [0, 0.05) is 42.7 Å². The third-order valence-electron chi connectivity index (χ3n) is 4.74. The van der Waals surface area contributed by atoms with Gasteiger partial charge in [-0.25, -0.2) is 13.1 Å². The number of benzene rings is 2. The molecule has 0 bridgehead atoms. The minimum Gasteiger partial charge on any atom is -0.383 e. The summed E-state index contributed by atoms with van der Waals surface area (Å²) < 4.78 is 33.8. The minimum atomic E-state index is -3.66. The highest BCUT2D eigenvalue weighted by atomic mass is 35.5. The first-order valence-electron chi connectivity index (χ1n) is 9.55. The minimum absolute atomic E-state index is 0.148. The van der Waals surface area contributed by atoms with Crippen LogP contribution in [0.3, 0.4) is 0 Å². The summed E-state index contributed by atoms with van der Waals surface area (Å²) in [6.45, 7) is 2.18. The van der Waals surface area contributed by atoms with Crippen molar-refractivity contribution in [3.63, 3.8) is 0 Å². The number of halogens is 1. The normalized spacial score (nSPS) is 12.9. The fourth-order valence-electron chi connectivity index (χ4n) is 3.18. The van der Waals surface area contributed by atoms with Gasteiger partial charge in [0.25, 0.3) is 0 Å². The third-order valence-corrected chi connectivity index (χ3v) is 7.29. The average molecular weight is 465 g/mol. The summed E-state index contributed by atoms with van der Waals surface area (Å²) in [5.74, 6) is 0. The van der Waals surface area contributed by atoms with E-state index in [2.05, 4.69) is 15.7 Å². The van der Waals surface area contributed by atoms with Gasteiger partial charge < -0.3 is 4.74 Å². The van der Waals surface area contributed by atoms with Crippen molar-refractivity contribution in [1.29, 1.82) is 0 Å². The van der Waals surface area contributed by atoms with Gasteiger partial charge in [-0.05, 0) is 41.3 Å². The topological polar surface area (TPSA) is 58.6 Å². The molecule has 1 heterocycles. The van der Waals surface area contributed by atoms with Gasteiger partial charge in [0.2, 0.25) is 10.0 Å². The van der Waals surface area contributed by atoms with Crippen molar-refractivity contribution in [3.8, 4) is 0 Å². The molecule has 8 heteroatoms. The second-order valence-electron chi connectivity index (χ2n) is 6.77. The number of hydrogen-bond donors (Lipinski definition) is 1. The lowest BCUT2D eigenvalue weighted by Gasteiger charge is -2.32. The average Bonchev–Trinajstić information content (AvgIpc) is 3.26. The molecule has 0 aliphatic carbocycles. The summed E-state index contributed by atoms with van der Waals surface area (Å²) in [6.07, 6.45) is 0. The quantitative estimate of drug-likeness (QED) is 0.451. The molecule has 2 aromatic carbocycles. The van der Waals surface area contributed by atoms with Crippen LogP contribution in [-0.2, 0) is 21.3 Å². The molecule has 0 radical (unpaired) electrons. The monoisotopic (exact) mass is 464 g/mol. The van der Waals surface area contributed by atoms with E-state index in [0.29, 0.717) is 24.7 Å². The molecule has 0 aliphatic heterocycles. The van der Waals surface area contributed by atoms with Crippen molar-refractivity contribution >= 4 is 33.0 Å². The van der Waals surface area contributed by atoms with E-state index in [1.165, 1.54) is 17.0 Å². The number of ether oxygens (including phenoxy) is 1. The zero-order valence-electron chi connectivity index (χ0n) is 16.7. The summed E-state index contributed by atoms with van der Waals surface area (Å²) in [5, 5.41) is 2.54. The molecule has 1 aromatic heterocycles. The summed E-state index contributed by atoms with van der Waals surface area (Å²) in [4.78, 5) is 3.66. The summed E-state index contributed by atoms with van der Waals surface area (Å²) in [7, 11) is -1.99. The Bertz CT molecular complexity index is 995. The fraction of sp³-hybridized carbons (Fsp3) is 0.273. The first kappa shape index (κ1) is 22.9. The molecule has 1 N–H and O–H groups in total. The van der Waals surface area contributed by atoms with Crippen molar-refractivity contribution in [3.05, 3.63) is 87.6 Å². The van der Waals surface area contributed by atoms with E-state index in [1.54, 1.807) is 30.6 Å². The van der Waals surface area contributed by atoms with Crippen LogP contribution in [0.1, 0.15) is 16.5 Å². The van der Waals surface area contributed by atoms with Gasteiger partial charge in [0.05, 0.1) is 11.5 Å². The van der Waals surface area contributed by atoms with Crippen molar-refractivity contribution in [2.75, 3.05) is 26.8 Å². The van der Waals surface area contributed by atoms with Crippen molar-refractivity contribution in [2.45, 2.75) is 17.5 Å². The number of nitrogens with zero attached hydrogens (tertiary/aromatic N) is 1. The smallest absolute Gasteiger partial charge is 0.240 e. The van der Waals surface area contributed by atoms with Crippen molar-refractivity contribution < 1.29 is 13.2 Å². The maximum atomic E-state index is 12.8. The lowest BCUT2D eigenvalue weighted by Crippen LogP contribution is -2.39. The van der Waals surface area contributed by atoms with Crippen LogP contribution in [0.2, 0.25) is 5.02 Å². The maximum Gasteiger partial charge on any atom is 0.240 e. The van der Waals surface area contributed by atoms with E-state index in [4.69, 9.17) is 16.3 Å². The van der Waals surface area contributed by atoms with Gasteiger partial charge >= 0.3 is 0 Å². The Labute approximate surface area is 187 Å². The zero-order chi connectivity index (χ0) is 21.4. The molecule has 0 saturated heterocycles. The predicted molar refractivity (Wildman–Crippen MR) is 122 cm³/mol. The van der Waals surface area contributed by atoms with Crippen LogP contribution in [0, 0.1) is 0 Å². The molecule has 0 amide bonds. The number of thiophene rings is 1. The van der Waals surface area contributed by atoms with Crippen LogP contribution < -0.4 is 4.72 Å². The molecule has 3 rings (SSSR count). The number of rotatable bonds is 11. The fourth-order valence-corrected chi connectivity index (χ4v) is 5.07. The largest absolute Gasteiger partial charge is 0.383 e. The van der Waals surface area contributed by atoms with E-state index >= 15 is 0 Å². The molecule has 30 heavy (non-hydrogen) atoms. The van der Waals surface area contributed by atoms with E-state index in [1.807, 2.05) is 41.8 Å². The van der Waals surface area contributed by atoms with Gasteiger partial charge in [-0.1, -0.05) is 48.0 Å². The Morgan fingerprint density at radius 2 is 1.80 bits per heavy atom. The van der Waals surface area contributed by atoms with E-state index in [0.717, 1.165) is 5.56 Å². The predicted octanol–water partition coefficient (Wildman–Crippen LogP) is 4.57. The first-order valence-corrected chi connectivity index (χ1v) is 12.3. The summed E-state index contributed by atoms with van der Waals surface area (Å²) in [6, 6.07) is 20.1. The lowest BCUT2D eigenvalue weighted by molar-refractivity contribution is 0.115. The van der Waals surface area contributed by atoms with Gasteiger partial charge in [0.1, 0.15) is 0 Å². The van der Waals surface area contributed by atoms with E-state index < -0.39 is 10.0 Å².